The number of aliphatic hydroxyl groups excluding tert-OH is 2. The topological polar surface area (TPSA) is 40.5 Å². The molecule has 0 spiro atoms. The molecule has 0 aromatic carbocycles. The van der Waals surface area contributed by atoms with E-state index in [0.717, 1.165) is 24.7 Å². The number of hydrogen-bond donors (Lipinski definition) is 2. The Morgan fingerprint density at radius 2 is 1.15 bits per heavy atom. The molecule has 2 aliphatic carbocycles. The van der Waals surface area contributed by atoms with Gasteiger partial charge in [-0.25, -0.2) is 0 Å². The van der Waals surface area contributed by atoms with Crippen molar-refractivity contribution >= 4 is 0 Å². The lowest BCUT2D eigenvalue weighted by atomic mass is 10.0. The van der Waals surface area contributed by atoms with Crippen LogP contribution in [-0.2, 0) is 0 Å². The van der Waals surface area contributed by atoms with E-state index in [1.165, 1.54) is 51.4 Å². The molecule has 2 heteroatoms. The molecule has 20 heavy (non-hydrogen) atoms. The lowest BCUT2D eigenvalue weighted by Gasteiger charge is -2.04. The largest absolute Gasteiger partial charge is 0.396 e. The van der Waals surface area contributed by atoms with E-state index in [2.05, 4.69) is 24.3 Å². The van der Waals surface area contributed by atoms with Crippen molar-refractivity contribution in [3.05, 3.63) is 24.3 Å². The molecule has 0 aromatic heterocycles. The highest BCUT2D eigenvalue weighted by molar-refractivity contribution is 4.96. The summed E-state index contributed by atoms with van der Waals surface area (Å²) in [4.78, 5) is 0. The second-order valence-corrected chi connectivity index (χ2v) is 5.97. The van der Waals surface area contributed by atoms with E-state index in [1.54, 1.807) is 0 Å². The van der Waals surface area contributed by atoms with Crippen LogP contribution in [-0.4, -0.2) is 23.4 Å². The van der Waals surface area contributed by atoms with Crippen LogP contribution in [0, 0.1) is 11.8 Å². The van der Waals surface area contributed by atoms with Gasteiger partial charge in [0, 0.05) is 13.2 Å². The summed E-state index contributed by atoms with van der Waals surface area (Å²) in [6.45, 7) is 0.715. The van der Waals surface area contributed by atoms with E-state index in [1.807, 2.05) is 0 Å². The van der Waals surface area contributed by atoms with Crippen LogP contribution in [0.15, 0.2) is 24.3 Å². The van der Waals surface area contributed by atoms with Crippen molar-refractivity contribution < 1.29 is 10.2 Å². The third kappa shape index (κ3) is 8.55. The second kappa shape index (κ2) is 12.2. The molecule has 2 rings (SSSR count). The SMILES string of the molecule is OCCCCC1C=CCC1.OCCCCC1C=CCC1. The van der Waals surface area contributed by atoms with Crippen molar-refractivity contribution in [3.8, 4) is 0 Å². The zero-order valence-corrected chi connectivity index (χ0v) is 12.8. The third-order valence-corrected chi connectivity index (χ3v) is 4.19. The van der Waals surface area contributed by atoms with E-state index in [0.29, 0.717) is 13.2 Å². The highest BCUT2D eigenvalue weighted by Gasteiger charge is 2.08. The molecule has 0 heterocycles. The molecule has 0 saturated carbocycles. The predicted octanol–water partition coefficient (Wildman–Crippen LogP) is 4.23. The van der Waals surface area contributed by atoms with Crippen LogP contribution < -0.4 is 0 Å². The highest BCUT2D eigenvalue weighted by atomic mass is 16.3. The van der Waals surface area contributed by atoms with Crippen molar-refractivity contribution in [1.82, 2.24) is 0 Å². The minimum Gasteiger partial charge on any atom is -0.396 e. The predicted molar refractivity (Wildman–Crippen MR) is 85.6 cm³/mol. The normalized spacial score (nSPS) is 23.9. The highest BCUT2D eigenvalue weighted by Crippen LogP contribution is 2.22. The smallest absolute Gasteiger partial charge is 0.0431 e. The number of allylic oxidation sites excluding steroid dienone is 4. The fourth-order valence-electron chi connectivity index (χ4n) is 2.91. The molecule has 0 amide bonds. The molecule has 0 aliphatic heterocycles. The van der Waals surface area contributed by atoms with Crippen molar-refractivity contribution in [3.63, 3.8) is 0 Å². The van der Waals surface area contributed by atoms with Crippen molar-refractivity contribution in [1.29, 1.82) is 0 Å². The van der Waals surface area contributed by atoms with Crippen LogP contribution >= 0.6 is 0 Å². The van der Waals surface area contributed by atoms with Crippen molar-refractivity contribution in [2.24, 2.45) is 11.8 Å². The van der Waals surface area contributed by atoms with Crippen LogP contribution in [0.4, 0.5) is 0 Å². The standard InChI is InChI=1S/2C9H16O/c2*10-8-4-3-7-9-5-1-2-6-9/h2*1,5,9-10H,2-4,6-8H2. The average Bonchev–Trinajstić information content (AvgIpc) is 3.13. The van der Waals surface area contributed by atoms with Gasteiger partial charge >= 0.3 is 0 Å². The average molecular weight is 280 g/mol. The molecule has 0 radical (unpaired) electrons. The van der Waals surface area contributed by atoms with Crippen molar-refractivity contribution in [2.75, 3.05) is 13.2 Å². The summed E-state index contributed by atoms with van der Waals surface area (Å²) in [6, 6.07) is 0. The van der Waals surface area contributed by atoms with Gasteiger partial charge in [0.2, 0.25) is 0 Å². The Hall–Kier alpha value is -0.600. The molecule has 0 fully saturated rings. The fraction of sp³-hybridized carbons (Fsp3) is 0.778. The van der Waals surface area contributed by atoms with Crippen LogP contribution in [0.1, 0.15) is 64.2 Å². The van der Waals surface area contributed by atoms with Gasteiger partial charge in [0.05, 0.1) is 0 Å². The molecular formula is C18H32O2. The number of unbranched alkanes of at least 4 members (excludes halogenated alkanes) is 2. The van der Waals surface area contributed by atoms with E-state index in [4.69, 9.17) is 10.2 Å². The number of hydrogen-bond acceptors (Lipinski definition) is 2. The van der Waals surface area contributed by atoms with Gasteiger partial charge in [0.25, 0.3) is 0 Å². The van der Waals surface area contributed by atoms with Crippen LogP contribution in [0.3, 0.4) is 0 Å². The summed E-state index contributed by atoms with van der Waals surface area (Å²) >= 11 is 0. The zero-order chi connectivity index (χ0) is 14.5. The van der Waals surface area contributed by atoms with Gasteiger partial charge < -0.3 is 10.2 Å². The summed E-state index contributed by atoms with van der Waals surface area (Å²) in [6.07, 6.45) is 21.3. The monoisotopic (exact) mass is 280 g/mol. The van der Waals surface area contributed by atoms with Gasteiger partial charge in [-0.05, 0) is 63.2 Å². The molecule has 0 bridgehead atoms. The first kappa shape index (κ1) is 17.5. The summed E-state index contributed by atoms with van der Waals surface area (Å²) in [5.74, 6) is 1.65. The first-order chi connectivity index (χ1) is 9.86. The van der Waals surface area contributed by atoms with E-state index in [9.17, 15) is 0 Å². The lowest BCUT2D eigenvalue weighted by Crippen LogP contribution is -1.92. The van der Waals surface area contributed by atoms with Gasteiger partial charge in [-0.3, -0.25) is 0 Å². The maximum Gasteiger partial charge on any atom is 0.0431 e. The minimum absolute atomic E-state index is 0.358. The molecular weight excluding hydrogens is 248 g/mol. The lowest BCUT2D eigenvalue weighted by molar-refractivity contribution is 0.280. The molecule has 2 N–H and O–H groups in total. The van der Waals surface area contributed by atoms with E-state index in [-0.39, 0.29) is 0 Å². The van der Waals surface area contributed by atoms with E-state index < -0.39 is 0 Å². The maximum atomic E-state index is 8.52. The van der Waals surface area contributed by atoms with Gasteiger partial charge in [0.15, 0.2) is 0 Å². The minimum atomic E-state index is 0.358. The second-order valence-electron chi connectivity index (χ2n) is 5.97. The van der Waals surface area contributed by atoms with Gasteiger partial charge in [-0.1, -0.05) is 37.1 Å². The Morgan fingerprint density at radius 3 is 1.45 bits per heavy atom. The summed E-state index contributed by atoms with van der Waals surface area (Å²) in [5, 5.41) is 17.0. The molecule has 2 atom stereocenters. The molecule has 116 valence electrons. The van der Waals surface area contributed by atoms with Crippen molar-refractivity contribution in [2.45, 2.75) is 64.2 Å². The summed E-state index contributed by atoms with van der Waals surface area (Å²) in [7, 11) is 0. The van der Waals surface area contributed by atoms with Crippen LogP contribution in [0.5, 0.6) is 0 Å². The van der Waals surface area contributed by atoms with Gasteiger partial charge in [-0.15, -0.1) is 0 Å². The molecule has 2 aliphatic rings. The van der Waals surface area contributed by atoms with Gasteiger partial charge in [0.1, 0.15) is 0 Å². The number of rotatable bonds is 8. The Bertz CT molecular complexity index is 243. The Morgan fingerprint density at radius 1 is 0.700 bits per heavy atom. The quantitative estimate of drug-likeness (QED) is 0.516. The Balaban J connectivity index is 0.000000200. The molecule has 0 saturated heterocycles. The van der Waals surface area contributed by atoms with Crippen LogP contribution in [0.2, 0.25) is 0 Å². The fourth-order valence-corrected chi connectivity index (χ4v) is 2.91. The summed E-state index contributed by atoms with van der Waals surface area (Å²) < 4.78 is 0. The van der Waals surface area contributed by atoms with E-state index >= 15 is 0 Å². The molecule has 2 nitrogen and oxygen atoms in total. The maximum absolute atomic E-state index is 8.52. The van der Waals surface area contributed by atoms with Gasteiger partial charge in [-0.2, -0.15) is 0 Å². The first-order valence-corrected chi connectivity index (χ1v) is 8.42. The molecule has 2 unspecified atom stereocenters. The Labute approximate surface area is 124 Å². The number of aliphatic hydroxyl groups is 2. The zero-order valence-electron chi connectivity index (χ0n) is 12.8. The molecule has 0 aromatic rings. The Kier molecular flexibility index (Phi) is 10.6. The summed E-state index contributed by atoms with van der Waals surface area (Å²) in [5.41, 5.74) is 0. The third-order valence-electron chi connectivity index (χ3n) is 4.19. The van der Waals surface area contributed by atoms with Crippen LogP contribution in [0.25, 0.3) is 0 Å². The first-order valence-electron chi connectivity index (χ1n) is 8.42.